The zero-order chi connectivity index (χ0) is 15.4. The Kier molecular flexibility index (Phi) is 5.09. The molecule has 0 saturated carbocycles. The van der Waals surface area contributed by atoms with Gasteiger partial charge >= 0.3 is 5.97 Å². The molecule has 0 aliphatic rings. The van der Waals surface area contributed by atoms with Crippen molar-refractivity contribution in [3.05, 3.63) is 57.0 Å². The van der Waals surface area contributed by atoms with Crippen LogP contribution in [0, 0.1) is 0 Å². The van der Waals surface area contributed by atoms with Gasteiger partial charge in [-0.2, -0.15) is 0 Å². The molecule has 21 heavy (non-hydrogen) atoms. The van der Waals surface area contributed by atoms with Crippen molar-refractivity contribution in [2.75, 3.05) is 7.11 Å². The number of carbonyl (C=O) groups is 1. The third-order valence-electron chi connectivity index (χ3n) is 2.79. The van der Waals surface area contributed by atoms with Gasteiger partial charge in [0, 0.05) is 0 Å². The molecule has 0 bridgehead atoms. The van der Waals surface area contributed by atoms with Crippen molar-refractivity contribution in [1.29, 1.82) is 0 Å². The number of hydrogen-bond donors (Lipinski definition) is 1. The van der Waals surface area contributed by atoms with Crippen LogP contribution in [-0.2, 0) is 6.61 Å². The molecule has 1 N–H and O–H groups in total. The van der Waals surface area contributed by atoms with Crippen molar-refractivity contribution >= 4 is 33.5 Å². The van der Waals surface area contributed by atoms with Crippen molar-refractivity contribution in [3.63, 3.8) is 0 Å². The lowest BCUT2D eigenvalue weighted by molar-refractivity contribution is 0.0696. The zero-order valence-corrected chi connectivity index (χ0v) is 13.4. The van der Waals surface area contributed by atoms with E-state index in [0.717, 1.165) is 15.8 Å². The summed E-state index contributed by atoms with van der Waals surface area (Å²) < 4.78 is 11.6. The van der Waals surface area contributed by atoms with E-state index in [1.54, 1.807) is 13.2 Å². The summed E-state index contributed by atoms with van der Waals surface area (Å²) in [4.78, 5) is 11.0. The Morgan fingerprint density at radius 1 is 1.29 bits per heavy atom. The van der Waals surface area contributed by atoms with E-state index in [1.807, 2.05) is 18.2 Å². The maximum absolute atomic E-state index is 11.0. The van der Waals surface area contributed by atoms with Gasteiger partial charge in [-0.05, 0) is 51.8 Å². The highest BCUT2D eigenvalue weighted by Crippen LogP contribution is 2.27. The molecule has 2 aromatic carbocycles. The first-order chi connectivity index (χ1) is 10.0. The van der Waals surface area contributed by atoms with Gasteiger partial charge < -0.3 is 14.6 Å². The fraction of sp³-hybridized carbons (Fsp3) is 0.133. The van der Waals surface area contributed by atoms with Crippen LogP contribution in [0.1, 0.15) is 15.9 Å². The second kappa shape index (κ2) is 6.83. The van der Waals surface area contributed by atoms with E-state index >= 15 is 0 Å². The smallest absolute Gasteiger partial charge is 0.337 e. The van der Waals surface area contributed by atoms with Crippen LogP contribution in [0.4, 0.5) is 0 Å². The highest BCUT2D eigenvalue weighted by atomic mass is 79.9. The van der Waals surface area contributed by atoms with Gasteiger partial charge in [0.05, 0.1) is 22.2 Å². The Labute approximate surface area is 135 Å². The Bertz CT molecular complexity index is 673. The summed E-state index contributed by atoms with van der Waals surface area (Å²) in [5.74, 6) is 0.0970. The molecule has 0 amide bonds. The van der Waals surface area contributed by atoms with Crippen molar-refractivity contribution in [2.24, 2.45) is 0 Å². The molecule has 4 nitrogen and oxygen atoms in total. The van der Waals surface area contributed by atoms with Crippen molar-refractivity contribution in [2.45, 2.75) is 6.61 Å². The molecule has 0 aliphatic carbocycles. The number of aromatic carboxylic acids is 1. The van der Waals surface area contributed by atoms with Gasteiger partial charge in [0.2, 0.25) is 0 Å². The van der Waals surface area contributed by atoms with E-state index in [2.05, 4.69) is 15.9 Å². The molecule has 0 radical (unpaired) electrons. The van der Waals surface area contributed by atoms with Gasteiger partial charge in [-0.15, -0.1) is 0 Å². The first-order valence-corrected chi connectivity index (χ1v) is 7.16. The van der Waals surface area contributed by atoms with Gasteiger partial charge in [0.15, 0.2) is 0 Å². The second-order valence-corrected chi connectivity index (χ2v) is 5.47. The highest BCUT2D eigenvalue weighted by Gasteiger charge is 2.10. The van der Waals surface area contributed by atoms with Gasteiger partial charge in [0.1, 0.15) is 18.1 Å². The van der Waals surface area contributed by atoms with Crippen LogP contribution in [0.3, 0.4) is 0 Å². The summed E-state index contributed by atoms with van der Waals surface area (Å²) in [6.45, 7) is 0.309. The average molecular weight is 372 g/mol. The molecule has 2 aromatic rings. The molecule has 0 heterocycles. The number of methoxy groups -OCH3 is 1. The number of halogens is 2. The summed E-state index contributed by atoms with van der Waals surface area (Å²) in [7, 11) is 1.59. The largest absolute Gasteiger partial charge is 0.496 e. The normalized spacial score (nSPS) is 10.2. The van der Waals surface area contributed by atoms with E-state index in [9.17, 15) is 4.79 Å². The SMILES string of the molecule is COc1ccc(COc2ccc(Cl)c(C(=O)O)c2)cc1Br. The quantitative estimate of drug-likeness (QED) is 0.847. The lowest BCUT2D eigenvalue weighted by atomic mass is 10.2. The average Bonchev–Trinajstić information content (AvgIpc) is 2.46. The Morgan fingerprint density at radius 2 is 2.05 bits per heavy atom. The molecule has 0 aromatic heterocycles. The maximum atomic E-state index is 11.0. The molecular weight excluding hydrogens is 360 g/mol. The first-order valence-electron chi connectivity index (χ1n) is 5.99. The number of hydrogen-bond acceptors (Lipinski definition) is 3. The van der Waals surface area contributed by atoms with Crippen molar-refractivity contribution in [3.8, 4) is 11.5 Å². The molecular formula is C15H12BrClO4. The Morgan fingerprint density at radius 3 is 2.67 bits per heavy atom. The van der Waals surface area contributed by atoms with E-state index < -0.39 is 5.97 Å². The fourth-order valence-corrected chi connectivity index (χ4v) is 2.51. The first kappa shape index (κ1) is 15.7. The topological polar surface area (TPSA) is 55.8 Å². The summed E-state index contributed by atoms with van der Waals surface area (Å²) in [6.07, 6.45) is 0. The van der Waals surface area contributed by atoms with Crippen LogP contribution < -0.4 is 9.47 Å². The Hall–Kier alpha value is -1.72. The molecule has 0 spiro atoms. The predicted molar refractivity (Wildman–Crippen MR) is 83.4 cm³/mol. The van der Waals surface area contributed by atoms with Gasteiger partial charge in [-0.3, -0.25) is 0 Å². The van der Waals surface area contributed by atoms with Crippen LogP contribution in [0.5, 0.6) is 11.5 Å². The van der Waals surface area contributed by atoms with Crippen LogP contribution in [-0.4, -0.2) is 18.2 Å². The minimum Gasteiger partial charge on any atom is -0.496 e. The summed E-state index contributed by atoms with van der Waals surface area (Å²) >= 11 is 9.20. The predicted octanol–water partition coefficient (Wildman–Crippen LogP) is 4.39. The standard InChI is InChI=1S/C15H12BrClO4/c1-20-14-5-2-9(6-12(14)16)8-21-10-3-4-13(17)11(7-10)15(18)19/h2-7H,8H2,1H3,(H,18,19). The summed E-state index contributed by atoms with van der Waals surface area (Å²) in [5.41, 5.74) is 0.944. The molecule has 0 unspecified atom stereocenters. The fourth-order valence-electron chi connectivity index (χ4n) is 1.72. The molecule has 110 valence electrons. The molecule has 0 atom stereocenters. The number of benzene rings is 2. The highest BCUT2D eigenvalue weighted by molar-refractivity contribution is 9.10. The molecule has 0 saturated heterocycles. The van der Waals surface area contributed by atoms with E-state index in [4.69, 9.17) is 26.2 Å². The van der Waals surface area contributed by atoms with Crippen LogP contribution >= 0.6 is 27.5 Å². The summed E-state index contributed by atoms with van der Waals surface area (Å²) in [6, 6.07) is 10.1. The molecule has 6 heteroatoms. The van der Waals surface area contributed by atoms with Gasteiger partial charge in [0.25, 0.3) is 0 Å². The molecule has 0 aliphatic heterocycles. The third kappa shape index (κ3) is 3.89. The lowest BCUT2D eigenvalue weighted by Crippen LogP contribution is -2.00. The second-order valence-electron chi connectivity index (χ2n) is 4.20. The maximum Gasteiger partial charge on any atom is 0.337 e. The van der Waals surface area contributed by atoms with Gasteiger partial charge in [-0.25, -0.2) is 4.79 Å². The molecule has 2 rings (SSSR count). The lowest BCUT2D eigenvalue weighted by Gasteiger charge is -2.09. The number of carboxylic acid groups (broad SMARTS) is 1. The minimum absolute atomic E-state index is 0.0186. The minimum atomic E-state index is -1.09. The third-order valence-corrected chi connectivity index (χ3v) is 3.74. The van der Waals surface area contributed by atoms with Gasteiger partial charge in [-0.1, -0.05) is 17.7 Å². The van der Waals surface area contributed by atoms with E-state index in [1.165, 1.54) is 12.1 Å². The monoisotopic (exact) mass is 370 g/mol. The number of ether oxygens (including phenoxy) is 2. The van der Waals surface area contributed by atoms with Crippen LogP contribution in [0.2, 0.25) is 5.02 Å². The Balaban J connectivity index is 2.11. The van der Waals surface area contributed by atoms with Crippen molar-refractivity contribution in [1.82, 2.24) is 0 Å². The van der Waals surface area contributed by atoms with Crippen LogP contribution in [0.25, 0.3) is 0 Å². The number of rotatable bonds is 5. The number of carboxylic acids is 1. The van der Waals surface area contributed by atoms with E-state index in [0.29, 0.717) is 12.4 Å². The molecule has 0 fully saturated rings. The zero-order valence-electron chi connectivity index (χ0n) is 11.1. The van der Waals surface area contributed by atoms with Crippen LogP contribution in [0.15, 0.2) is 40.9 Å². The summed E-state index contributed by atoms with van der Waals surface area (Å²) in [5, 5.41) is 9.19. The van der Waals surface area contributed by atoms with E-state index in [-0.39, 0.29) is 10.6 Å². The van der Waals surface area contributed by atoms with Crippen molar-refractivity contribution < 1.29 is 19.4 Å².